The Hall–Kier alpha value is -1.03. The van der Waals surface area contributed by atoms with Crippen molar-refractivity contribution in [3.05, 3.63) is 11.8 Å². The Morgan fingerprint density at radius 1 is 1.47 bits per heavy atom. The van der Waals surface area contributed by atoms with E-state index in [9.17, 15) is 0 Å². The fourth-order valence-corrected chi connectivity index (χ4v) is 2.10. The van der Waals surface area contributed by atoms with Crippen LogP contribution in [0.5, 0.6) is 0 Å². The molecular weight excluding hydrogens is 190 g/mol. The van der Waals surface area contributed by atoms with E-state index in [1.807, 2.05) is 13.1 Å². The summed E-state index contributed by atoms with van der Waals surface area (Å²) in [6.07, 6.45) is 6.81. The molecule has 1 aromatic heterocycles. The van der Waals surface area contributed by atoms with Crippen molar-refractivity contribution in [2.24, 2.45) is 7.05 Å². The highest BCUT2D eigenvalue weighted by Crippen LogP contribution is 2.21. The minimum Gasteiger partial charge on any atom is -0.382 e. The fourth-order valence-electron chi connectivity index (χ4n) is 2.10. The molecule has 0 radical (unpaired) electrons. The van der Waals surface area contributed by atoms with Gasteiger partial charge in [0.2, 0.25) is 0 Å². The van der Waals surface area contributed by atoms with Gasteiger partial charge < -0.3 is 10.5 Å². The largest absolute Gasteiger partial charge is 0.382 e. The maximum atomic E-state index is 5.85. The van der Waals surface area contributed by atoms with Crippen LogP contribution in [-0.4, -0.2) is 15.9 Å². The number of hydrogen-bond acceptors (Lipinski definition) is 3. The maximum Gasteiger partial charge on any atom is 0.145 e. The van der Waals surface area contributed by atoms with Gasteiger partial charge in [-0.25, -0.2) is 0 Å². The average molecular weight is 209 g/mol. The van der Waals surface area contributed by atoms with Crippen LogP contribution in [0, 0.1) is 0 Å². The van der Waals surface area contributed by atoms with Crippen molar-refractivity contribution < 1.29 is 4.74 Å². The van der Waals surface area contributed by atoms with Crippen LogP contribution in [-0.2, 0) is 18.4 Å². The van der Waals surface area contributed by atoms with Gasteiger partial charge in [0.05, 0.1) is 18.4 Å². The van der Waals surface area contributed by atoms with Crippen molar-refractivity contribution in [3.8, 4) is 0 Å². The van der Waals surface area contributed by atoms with E-state index in [0.717, 1.165) is 5.69 Å². The first kappa shape index (κ1) is 10.5. The fraction of sp³-hybridized carbons (Fsp3) is 0.727. The molecule has 1 saturated carbocycles. The second-order valence-electron chi connectivity index (χ2n) is 4.26. The van der Waals surface area contributed by atoms with Crippen molar-refractivity contribution in [1.29, 1.82) is 0 Å². The molecule has 1 fully saturated rings. The van der Waals surface area contributed by atoms with Crippen molar-refractivity contribution in [3.63, 3.8) is 0 Å². The molecule has 0 atom stereocenters. The van der Waals surface area contributed by atoms with E-state index in [0.29, 0.717) is 18.5 Å². The lowest BCUT2D eigenvalue weighted by Gasteiger charge is -2.21. The average Bonchev–Trinajstić information content (AvgIpc) is 2.56. The summed E-state index contributed by atoms with van der Waals surface area (Å²) in [6, 6.07) is 1.88. The number of hydrogen-bond donors (Lipinski definition) is 1. The molecule has 84 valence electrons. The van der Waals surface area contributed by atoms with Gasteiger partial charge in [0, 0.05) is 13.1 Å². The van der Waals surface area contributed by atoms with Gasteiger partial charge in [0.1, 0.15) is 5.82 Å². The summed E-state index contributed by atoms with van der Waals surface area (Å²) in [5.41, 5.74) is 6.65. The lowest BCUT2D eigenvalue weighted by atomic mass is 9.98. The Labute approximate surface area is 90.4 Å². The minimum atomic E-state index is 0.440. The first-order valence-corrected chi connectivity index (χ1v) is 5.65. The molecule has 1 aromatic rings. The molecule has 1 aliphatic carbocycles. The molecule has 2 rings (SSSR count). The highest BCUT2D eigenvalue weighted by molar-refractivity contribution is 5.28. The molecule has 0 unspecified atom stereocenters. The van der Waals surface area contributed by atoms with E-state index in [1.54, 1.807) is 4.68 Å². The Bertz CT molecular complexity index is 316. The zero-order valence-corrected chi connectivity index (χ0v) is 9.28. The Kier molecular flexibility index (Phi) is 3.26. The van der Waals surface area contributed by atoms with Gasteiger partial charge in [-0.1, -0.05) is 19.3 Å². The van der Waals surface area contributed by atoms with Crippen LogP contribution in [0.25, 0.3) is 0 Å². The summed E-state index contributed by atoms with van der Waals surface area (Å²) in [7, 11) is 1.90. The summed E-state index contributed by atoms with van der Waals surface area (Å²) < 4.78 is 7.64. The molecule has 0 bridgehead atoms. The lowest BCUT2D eigenvalue weighted by Crippen LogP contribution is -2.17. The van der Waals surface area contributed by atoms with Crippen LogP contribution in [0.15, 0.2) is 6.07 Å². The molecule has 15 heavy (non-hydrogen) atoms. The third-order valence-electron chi connectivity index (χ3n) is 3.01. The second kappa shape index (κ2) is 4.66. The van der Waals surface area contributed by atoms with Gasteiger partial charge in [0.25, 0.3) is 0 Å². The summed E-state index contributed by atoms with van der Waals surface area (Å²) in [6.45, 7) is 0.630. The number of nitrogens with zero attached hydrogens (tertiary/aromatic N) is 2. The molecule has 1 heterocycles. The molecule has 0 amide bonds. The number of nitrogens with two attached hydrogens (primary N) is 1. The molecule has 4 nitrogen and oxygen atoms in total. The van der Waals surface area contributed by atoms with Gasteiger partial charge in [-0.15, -0.1) is 0 Å². The number of ether oxygens (including phenoxy) is 1. The molecule has 0 saturated heterocycles. The van der Waals surface area contributed by atoms with E-state index in [1.165, 1.54) is 32.1 Å². The Morgan fingerprint density at radius 2 is 2.20 bits per heavy atom. The summed E-state index contributed by atoms with van der Waals surface area (Å²) in [4.78, 5) is 0. The molecule has 2 N–H and O–H groups in total. The van der Waals surface area contributed by atoms with Gasteiger partial charge in [-0.05, 0) is 12.8 Å². The van der Waals surface area contributed by atoms with E-state index in [2.05, 4.69) is 5.10 Å². The second-order valence-corrected chi connectivity index (χ2v) is 4.26. The van der Waals surface area contributed by atoms with Gasteiger partial charge in [-0.2, -0.15) is 5.10 Å². The highest BCUT2D eigenvalue weighted by atomic mass is 16.5. The van der Waals surface area contributed by atoms with Gasteiger partial charge >= 0.3 is 0 Å². The molecule has 4 heteroatoms. The number of rotatable bonds is 3. The van der Waals surface area contributed by atoms with E-state index in [-0.39, 0.29) is 0 Å². The Balaban J connectivity index is 1.84. The van der Waals surface area contributed by atoms with Crippen LogP contribution >= 0.6 is 0 Å². The predicted molar refractivity (Wildman–Crippen MR) is 59.3 cm³/mol. The normalized spacial score (nSPS) is 18.2. The zero-order chi connectivity index (χ0) is 10.7. The van der Waals surface area contributed by atoms with Crippen LogP contribution in [0.2, 0.25) is 0 Å². The third kappa shape index (κ3) is 2.72. The van der Waals surface area contributed by atoms with Crippen LogP contribution in [0.3, 0.4) is 0 Å². The smallest absolute Gasteiger partial charge is 0.145 e. The molecule has 1 aliphatic rings. The standard InChI is InChI=1S/C11H19N3O/c1-14-9(7-11(12)13-14)8-15-10-5-3-2-4-6-10/h7,10H,2-6,8H2,1H3,(H2,12,13). The quantitative estimate of drug-likeness (QED) is 0.826. The number of anilines is 1. The molecule has 0 aliphatic heterocycles. The van der Waals surface area contributed by atoms with Crippen LogP contribution < -0.4 is 5.73 Å². The third-order valence-corrected chi connectivity index (χ3v) is 3.01. The van der Waals surface area contributed by atoms with E-state index < -0.39 is 0 Å². The van der Waals surface area contributed by atoms with Crippen LogP contribution in [0.1, 0.15) is 37.8 Å². The number of nitrogen functional groups attached to an aromatic ring is 1. The van der Waals surface area contributed by atoms with Gasteiger partial charge in [-0.3, -0.25) is 4.68 Å². The number of aromatic nitrogens is 2. The maximum absolute atomic E-state index is 5.85. The van der Waals surface area contributed by atoms with E-state index >= 15 is 0 Å². The molecular formula is C11H19N3O. The minimum absolute atomic E-state index is 0.440. The summed E-state index contributed by atoms with van der Waals surface area (Å²) >= 11 is 0. The lowest BCUT2D eigenvalue weighted by molar-refractivity contribution is 0.0139. The zero-order valence-electron chi connectivity index (χ0n) is 9.28. The predicted octanol–water partition coefficient (Wildman–Crippen LogP) is 1.85. The van der Waals surface area contributed by atoms with Crippen LogP contribution in [0.4, 0.5) is 5.82 Å². The first-order chi connectivity index (χ1) is 7.25. The first-order valence-electron chi connectivity index (χ1n) is 5.65. The van der Waals surface area contributed by atoms with Crippen molar-refractivity contribution in [2.75, 3.05) is 5.73 Å². The van der Waals surface area contributed by atoms with Crippen molar-refractivity contribution in [1.82, 2.24) is 9.78 Å². The Morgan fingerprint density at radius 3 is 2.80 bits per heavy atom. The summed E-state index contributed by atoms with van der Waals surface area (Å²) in [5.74, 6) is 0.569. The SMILES string of the molecule is Cn1nc(N)cc1COC1CCCCC1. The van der Waals surface area contributed by atoms with Crippen molar-refractivity contribution in [2.45, 2.75) is 44.8 Å². The topological polar surface area (TPSA) is 53.1 Å². The summed E-state index contributed by atoms with van der Waals surface area (Å²) in [5, 5.41) is 4.09. The van der Waals surface area contributed by atoms with Gasteiger partial charge in [0.15, 0.2) is 0 Å². The van der Waals surface area contributed by atoms with Crippen molar-refractivity contribution >= 4 is 5.82 Å². The van der Waals surface area contributed by atoms with E-state index in [4.69, 9.17) is 10.5 Å². The number of aryl methyl sites for hydroxylation is 1. The monoisotopic (exact) mass is 209 g/mol. The molecule has 0 aromatic carbocycles. The molecule has 0 spiro atoms. The highest BCUT2D eigenvalue weighted by Gasteiger charge is 2.14.